The van der Waals surface area contributed by atoms with E-state index in [1.165, 1.54) is 12.8 Å². The summed E-state index contributed by atoms with van der Waals surface area (Å²) >= 11 is 0. The molecule has 0 spiro atoms. The standard InChI is InChI=1S/C10H16N4/c1-13(2)10-6-4-8-14(10)9-5-3-7-11-12-9/h3,5,7,10H,4,6,8H2,1-2H3/t10-/m1/s1. The first-order valence-corrected chi connectivity index (χ1v) is 5.00. The van der Waals surface area contributed by atoms with E-state index in [2.05, 4.69) is 34.1 Å². The average molecular weight is 192 g/mol. The van der Waals surface area contributed by atoms with Gasteiger partial charge in [0.1, 0.15) is 0 Å². The van der Waals surface area contributed by atoms with Gasteiger partial charge in [-0.2, -0.15) is 5.10 Å². The minimum Gasteiger partial charge on any atom is -0.339 e. The average Bonchev–Trinajstić information content (AvgIpc) is 2.67. The van der Waals surface area contributed by atoms with Gasteiger partial charge in [0, 0.05) is 12.7 Å². The smallest absolute Gasteiger partial charge is 0.152 e. The van der Waals surface area contributed by atoms with Gasteiger partial charge in [0.2, 0.25) is 0 Å². The molecule has 1 atom stereocenters. The fourth-order valence-corrected chi connectivity index (χ4v) is 2.00. The summed E-state index contributed by atoms with van der Waals surface area (Å²) in [6.07, 6.45) is 4.64. The zero-order valence-corrected chi connectivity index (χ0v) is 8.72. The van der Waals surface area contributed by atoms with Crippen LogP contribution in [0.1, 0.15) is 12.8 Å². The minimum atomic E-state index is 0.478. The van der Waals surface area contributed by atoms with E-state index in [1.54, 1.807) is 6.20 Å². The topological polar surface area (TPSA) is 32.3 Å². The monoisotopic (exact) mass is 192 g/mol. The summed E-state index contributed by atoms with van der Waals surface area (Å²) in [4.78, 5) is 4.55. The van der Waals surface area contributed by atoms with Crippen LogP contribution in [-0.4, -0.2) is 41.9 Å². The molecule has 1 fully saturated rings. The third kappa shape index (κ3) is 1.70. The second-order valence-corrected chi connectivity index (χ2v) is 3.86. The SMILES string of the molecule is CN(C)[C@H]1CCCN1c1cccnn1. The first kappa shape index (κ1) is 9.40. The van der Waals surface area contributed by atoms with Gasteiger partial charge in [0.05, 0.1) is 6.17 Å². The highest BCUT2D eigenvalue weighted by Crippen LogP contribution is 2.23. The van der Waals surface area contributed by atoms with Gasteiger partial charge in [-0.3, -0.25) is 4.90 Å². The fourth-order valence-electron chi connectivity index (χ4n) is 2.00. The molecule has 0 unspecified atom stereocenters. The fraction of sp³-hybridized carbons (Fsp3) is 0.600. The van der Waals surface area contributed by atoms with Crippen LogP contribution >= 0.6 is 0 Å². The lowest BCUT2D eigenvalue weighted by molar-refractivity contribution is 0.300. The van der Waals surface area contributed by atoms with Crippen LogP contribution in [0.15, 0.2) is 18.3 Å². The lowest BCUT2D eigenvalue weighted by Crippen LogP contribution is -2.40. The van der Waals surface area contributed by atoms with E-state index in [-0.39, 0.29) is 0 Å². The van der Waals surface area contributed by atoms with Crippen molar-refractivity contribution < 1.29 is 0 Å². The van der Waals surface area contributed by atoms with E-state index in [0.29, 0.717) is 6.17 Å². The summed E-state index contributed by atoms with van der Waals surface area (Å²) in [7, 11) is 4.22. The van der Waals surface area contributed by atoms with E-state index >= 15 is 0 Å². The summed E-state index contributed by atoms with van der Waals surface area (Å²) in [6.45, 7) is 1.08. The van der Waals surface area contributed by atoms with E-state index in [1.807, 2.05) is 12.1 Å². The second-order valence-electron chi connectivity index (χ2n) is 3.86. The van der Waals surface area contributed by atoms with Crippen molar-refractivity contribution in [3.63, 3.8) is 0 Å². The summed E-state index contributed by atoms with van der Waals surface area (Å²) in [6, 6.07) is 3.96. The Hall–Kier alpha value is -1.16. The van der Waals surface area contributed by atoms with Gasteiger partial charge in [0.25, 0.3) is 0 Å². The number of rotatable bonds is 2. The second kappa shape index (κ2) is 3.92. The number of hydrogen-bond donors (Lipinski definition) is 0. The number of anilines is 1. The van der Waals surface area contributed by atoms with Gasteiger partial charge in [0.15, 0.2) is 5.82 Å². The van der Waals surface area contributed by atoms with E-state index in [0.717, 1.165) is 12.4 Å². The molecule has 0 bridgehead atoms. The molecule has 0 N–H and O–H groups in total. The Bertz CT molecular complexity index is 285. The first-order chi connectivity index (χ1) is 6.79. The summed E-state index contributed by atoms with van der Waals surface area (Å²) in [5.41, 5.74) is 0. The molecule has 1 aromatic rings. The van der Waals surface area contributed by atoms with Crippen molar-refractivity contribution in [2.24, 2.45) is 0 Å². The van der Waals surface area contributed by atoms with E-state index in [9.17, 15) is 0 Å². The van der Waals surface area contributed by atoms with Crippen LogP contribution in [0.25, 0.3) is 0 Å². The molecular weight excluding hydrogens is 176 g/mol. The maximum absolute atomic E-state index is 4.14. The third-order valence-corrected chi connectivity index (χ3v) is 2.67. The lowest BCUT2D eigenvalue weighted by atomic mass is 10.3. The summed E-state index contributed by atoms with van der Waals surface area (Å²) in [5, 5.41) is 8.06. The van der Waals surface area contributed by atoms with Crippen molar-refractivity contribution in [2.75, 3.05) is 25.5 Å². The van der Waals surface area contributed by atoms with Crippen molar-refractivity contribution in [1.29, 1.82) is 0 Å². The normalized spacial score (nSPS) is 21.9. The molecule has 0 aliphatic carbocycles. The molecular formula is C10H16N4. The number of hydrogen-bond acceptors (Lipinski definition) is 4. The van der Waals surface area contributed by atoms with Crippen molar-refractivity contribution in [3.8, 4) is 0 Å². The highest BCUT2D eigenvalue weighted by molar-refractivity contribution is 5.38. The van der Waals surface area contributed by atoms with Gasteiger partial charge in [-0.25, -0.2) is 0 Å². The van der Waals surface area contributed by atoms with Crippen LogP contribution < -0.4 is 4.90 Å². The molecule has 2 rings (SSSR count). The molecule has 0 saturated carbocycles. The third-order valence-electron chi connectivity index (χ3n) is 2.67. The Morgan fingerprint density at radius 3 is 3.00 bits per heavy atom. The van der Waals surface area contributed by atoms with Crippen LogP contribution in [0.3, 0.4) is 0 Å². The van der Waals surface area contributed by atoms with Crippen LogP contribution in [0.4, 0.5) is 5.82 Å². The largest absolute Gasteiger partial charge is 0.339 e. The van der Waals surface area contributed by atoms with E-state index < -0.39 is 0 Å². The van der Waals surface area contributed by atoms with Crippen molar-refractivity contribution in [3.05, 3.63) is 18.3 Å². The Morgan fingerprint density at radius 2 is 2.36 bits per heavy atom. The molecule has 0 aromatic carbocycles. The van der Waals surface area contributed by atoms with Gasteiger partial charge in [-0.1, -0.05) is 0 Å². The van der Waals surface area contributed by atoms with Crippen LogP contribution in [0, 0.1) is 0 Å². The highest BCUT2D eigenvalue weighted by atomic mass is 15.4. The summed E-state index contributed by atoms with van der Waals surface area (Å²) in [5.74, 6) is 0.990. The first-order valence-electron chi connectivity index (χ1n) is 5.00. The molecule has 2 heterocycles. The predicted molar refractivity (Wildman–Crippen MR) is 56.1 cm³/mol. The molecule has 4 nitrogen and oxygen atoms in total. The molecule has 0 radical (unpaired) electrons. The Labute approximate surface area is 84.5 Å². The molecule has 1 aromatic heterocycles. The maximum atomic E-state index is 4.14. The molecule has 4 heteroatoms. The molecule has 1 saturated heterocycles. The molecule has 1 aliphatic rings. The van der Waals surface area contributed by atoms with Crippen LogP contribution in [0.5, 0.6) is 0 Å². The minimum absolute atomic E-state index is 0.478. The predicted octanol–water partition coefficient (Wildman–Crippen LogP) is 0.964. The Balaban J connectivity index is 2.18. The van der Waals surface area contributed by atoms with Crippen LogP contribution in [0.2, 0.25) is 0 Å². The van der Waals surface area contributed by atoms with Gasteiger partial charge < -0.3 is 4.90 Å². The van der Waals surface area contributed by atoms with Crippen molar-refractivity contribution in [1.82, 2.24) is 15.1 Å². The zero-order valence-electron chi connectivity index (χ0n) is 8.72. The van der Waals surface area contributed by atoms with Gasteiger partial charge in [-0.15, -0.1) is 5.10 Å². The Morgan fingerprint density at radius 1 is 1.50 bits per heavy atom. The van der Waals surface area contributed by atoms with E-state index in [4.69, 9.17) is 0 Å². The van der Waals surface area contributed by atoms with Crippen molar-refractivity contribution in [2.45, 2.75) is 19.0 Å². The molecule has 0 amide bonds. The lowest BCUT2D eigenvalue weighted by Gasteiger charge is -2.30. The maximum Gasteiger partial charge on any atom is 0.152 e. The Kier molecular flexibility index (Phi) is 2.63. The van der Waals surface area contributed by atoms with Crippen LogP contribution in [-0.2, 0) is 0 Å². The zero-order chi connectivity index (χ0) is 9.97. The number of nitrogens with zero attached hydrogens (tertiary/aromatic N) is 4. The van der Waals surface area contributed by atoms with Crippen molar-refractivity contribution >= 4 is 5.82 Å². The molecule has 1 aliphatic heterocycles. The quantitative estimate of drug-likeness (QED) is 0.698. The molecule has 14 heavy (non-hydrogen) atoms. The van der Waals surface area contributed by atoms with Gasteiger partial charge in [-0.05, 0) is 39.1 Å². The highest BCUT2D eigenvalue weighted by Gasteiger charge is 2.26. The summed E-state index contributed by atoms with van der Waals surface area (Å²) < 4.78 is 0. The van der Waals surface area contributed by atoms with Gasteiger partial charge >= 0.3 is 0 Å². The molecule has 76 valence electrons. The number of aromatic nitrogens is 2.